The van der Waals surface area contributed by atoms with Gasteiger partial charge in [0.2, 0.25) is 0 Å². The summed E-state index contributed by atoms with van der Waals surface area (Å²) in [5.74, 6) is 0. The molecule has 5 heteroatoms. The van der Waals surface area contributed by atoms with Crippen molar-refractivity contribution in [2.24, 2.45) is 0 Å². The molecular weight excluding hydrogens is 245 g/mol. The van der Waals surface area contributed by atoms with Crippen LogP contribution in [0.1, 0.15) is 5.69 Å². The number of nitrogens with zero attached hydrogens (tertiary/aromatic N) is 2. The number of anilines is 1. The monoisotopic (exact) mass is 253 g/mol. The molecule has 0 amide bonds. The van der Waals surface area contributed by atoms with Crippen molar-refractivity contribution in [3.8, 4) is 11.1 Å². The summed E-state index contributed by atoms with van der Waals surface area (Å²) in [7, 11) is 0. The third-order valence-electron chi connectivity index (χ3n) is 2.18. The van der Waals surface area contributed by atoms with Gasteiger partial charge in [-0.3, -0.25) is 4.98 Å². The van der Waals surface area contributed by atoms with Crippen molar-refractivity contribution in [3.63, 3.8) is 0 Å². The summed E-state index contributed by atoms with van der Waals surface area (Å²) in [6.45, 7) is 1.90. The molecule has 0 saturated carbocycles. The van der Waals surface area contributed by atoms with Crippen LogP contribution in [0.2, 0.25) is 10.3 Å². The minimum Gasteiger partial charge on any atom is -0.397 e. The molecule has 3 nitrogen and oxygen atoms in total. The molecule has 0 spiro atoms. The molecule has 2 aromatic heterocycles. The van der Waals surface area contributed by atoms with Crippen LogP contribution in [0.3, 0.4) is 0 Å². The maximum atomic E-state index is 5.84. The normalized spacial score (nSPS) is 10.4. The molecule has 0 aromatic carbocycles. The van der Waals surface area contributed by atoms with E-state index in [1.54, 1.807) is 18.3 Å². The van der Waals surface area contributed by atoms with Crippen molar-refractivity contribution in [1.29, 1.82) is 0 Å². The van der Waals surface area contributed by atoms with Crippen LogP contribution >= 0.6 is 23.2 Å². The maximum absolute atomic E-state index is 5.84. The fourth-order valence-electron chi connectivity index (χ4n) is 1.46. The third-order valence-corrected chi connectivity index (χ3v) is 2.57. The van der Waals surface area contributed by atoms with Crippen molar-refractivity contribution in [2.75, 3.05) is 5.73 Å². The molecule has 0 aliphatic rings. The van der Waals surface area contributed by atoms with Crippen LogP contribution in [0.4, 0.5) is 5.69 Å². The molecule has 0 unspecified atom stereocenters. The maximum Gasteiger partial charge on any atom is 0.131 e. The molecule has 2 N–H and O–H groups in total. The Hall–Kier alpha value is -1.32. The Bertz CT molecular complexity index is 520. The van der Waals surface area contributed by atoms with Gasteiger partial charge >= 0.3 is 0 Å². The Balaban J connectivity index is 2.62. The van der Waals surface area contributed by atoms with Gasteiger partial charge in [0.1, 0.15) is 10.3 Å². The Morgan fingerprint density at radius 3 is 2.38 bits per heavy atom. The first-order valence-corrected chi connectivity index (χ1v) is 5.37. The van der Waals surface area contributed by atoms with E-state index in [4.69, 9.17) is 28.9 Å². The number of rotatable bonds is 1. The zero-order chi connectivity index (χ0) is 11.7. The zero-order valence-corrected chi connectivity index (χ0v) is 10.0. The lowest BCUT2D eigenvalue weighted by molar-refractivity contribution is 1.20. The lowest BCUT2D eigenvalue weighted by Crippen LogP contribution is -1.93. The lowest BCUT2D eigenvalue weighted by Gasteiger charge is -2.07. The fourth-order valence-corrected chi connectivity index (χ4v) is 1.92. The summed E-state index contributed by atoms with van der Waals surface area (Å²) in [6, 6.07) is 5.30. The van der Waals surface area contributed by atoms with Gasteiger partial charge in [-0.05, 0) is 30.7 Å². The Kier molecular flexibility index (Phi) is 2.99. The molecule has 0 aliphatic heterocycles. The second-order valence-corrected chi connectivity index (χ2v) is 4.18. The topological polar surface area (TPSA) is 51.8 Å². The SMILES string of the molecule is Cc1ncc(N)cc1-c1cc(Cl)nc(Cl)c1. The largest absolute Gasteiger partial charge is 0.397 e. The molecule has 0 atom stereocenters. The minimum absolute atomic E-state index is 0.351. The summed E-state index contributed by atoms with van der Waals surface area (Å²) in [5, 5.41) is 0.702. The van der Waals surface area contributed by atoms with Gasteiger partial charge in [0, 0.05) is 11.3 Å². The highest BCUT2D eigenvalue weighted by atomic mass is 35.5. The van der Waals surface area contributed by atoms with E-state index >= 15 is 0 Å². The van der Waals surface area contributed by atoms with Gasteiger partial charge in [-0.15, -0.1) is 0 Å². The second-order valence-electron chi connectivity index (χ2n) is 3.40. The number of aromatic nitrogens is 2. The lowest BCUT2D eigenvalue weighted by atomic mass is 10.1. The number of halogens is 2. The van der Waals surface area contributed by atoms with Crippen LogP contribution < -0.4 is 5.73 Å². The van der Waals surface area contributed by atoms with Crippen molar-refractivity contribution in [3.05, 3.63) is 40.4 Å². The van der Waals surface area contributed by atoms with Crippen LogP contribution in [0, 0.1) is 6.92 Å². The van der Waals surface area contributed by atoms with E-state index in [9.17, 15) is 0 Å². The van der Waals surface area contributed by atoms with Gasteiger partial charge in [-0.25, -0.2) is 4.98 Å². The minimum atomic E-state index is 0.351. The van der Waals surface area contributed by atoms with Gasteiger partial charge in [-0.2, -0.15) is 0 Å². The van der Waals surface area contributed by atoms with Crippen LogP contribution in [0.5, 0.6) is 0 Å². The van der Waals surface area contributed by atoms with Crippen molar-refractivity contribution >= 4 is 28.9 Å². The Labute approximate surface area is 103 Å². The van der Waals surface area contributed by atoms with Crippen molar-refractivity contribution in [1.82, 2.24) is 9.97 Å². The van der Waals surface area contributed by atoms with Gasteiger partial charge in [-0.1, -0.05) is 23.2 Å². The van der Waals surface area contributed by atoms with E-state index < -0.39 is 0 Å². The standard InChI is InChI=1S/C11H9Cl2N3/c1-6-9(4-8(14)5-15-6)7-2-10(12)16-11(13)3-7/h2-5H,14H2,1H3. The van der Waals surface area contributed by atoms with Gasteiger partial charge in [0.15, 0.2) is 0 Å². The number of pyridine rings is 2. The summed E-state index contributed by atoms with van der Waals surface area (Å²) in [5.41, 5.74) is 8.94. The highest BCUT2D eigenvalue weighted by Crippen LogP contribution is 2.27. The summed E-state index contributed by atoms with van der Waals surface area (Å²) in [4.78, 5) is 8.07. The second kappa shape index (κ2) is 4.28. The smallest absolute Gasteiger partial charge is 0.131 e. The van der Waals surface area contributed by atoms with Crippen LogP contribution in [0.25, 0.3) is 11.1 Å². The zero-order valence-electron chi connectivity index (χ0n) is 8.54. The molecule has 0 aliphatic carbocycles. The molecule has 16 heavy (non-hydrogen) atoms. The van der Waals surface area contributed by atoms with Gasteiger partial charge in [0.05, 0.1) is 11.9 Å². The molecule has 2 heterocycles. The highest BCUT2D eigenvalue weighted by molar-refractivity contribution is 6.32. The Morgan fingerprint density at radius 2 is 1.75 bits per heavy atom. The summed E-state index contributed by atoms with van der Waals surface area (Å²) in [6.07, 6.45) is 1.61. The van der Waals surface area contributed by atoms with E-state index in [1.165, 1.54) is 0 Å². The van der Waals surface area contributed by atoms with Crippen molar-refractivity contribution < 1.29 is 0 Å². The molecule has 0 bridgehead atoms. The average molecular weight is 254 g/mol. The first kappa shape index (κ1) is 11.2. The predicted molar refractivity (Wildman–Crippen MR) is 66.6 cm³/mol. The highest BCUT2D eigenvalue weighted by Gasteiger charge is 2.06. The molecule has 2 aromatic rings. The van der Waals surface area contributed by atoms with E-state index in [0.29, 0.717) is 16.0 Å². The average Bonchev–Trinajstić information content (AvgIpc) is 2.20. The van der Waals surface area contributed by atoms with Crippen molar-refractivity contribution in [2.45, 2.75) is 6.92 Å². The molecule has 0 fully saturated rings. The van der Waals surface area contributed by atoms with E-state index in [1.807, 2.05) is 13.0 Å². The van der Waals surface area contributed by atoms with Gasteiger partial charge in [0.25, 0.3) is 0 Å². The van der Waals surface area contributed by atoms with Gasteiger partial charge < -0.3 is 5.73 Å². The quantitative estimate of drug-likeness (QED) is 0.794. The number of aryl methyl sites for hydroxylation is 1. The summed E-state index contributed by atoms with van der Waals surface area (Å²) >= 11 is 11.7. The van der Waals surface area contributed by atoms with Crippen LogP contribution in [-0.2, 0) is 0 Å². The number of hydrogen-bond donors (Lipinski definition) is 1. The van der Waals surface area contributed by atoms with E-state index in [0.717, 1.165) is 16.8 Å². The molecule has 0 saturated heterocycles. The Morgan fingerprint density at radius 1 is 1.12 bits per heavy atom. The van der Waals surface area contributed by atoms with Crippen LogP contribution in [0.15, 0.2) is 24.4 Å². The number of nitrogen functional groups attached to an aromatic ring is 1. The molecular formula is C11H9Cl2N3. The number of hydrogen-bond acceptors (Lipinski definition) is 3. The number of nitrogens with two attached hydrogens (primary N) is 1. The molecule has 2 rings (SSSR count). The molecule has 82 valence electrons. The first-order valence-electron chi connectivity index (χ1n) is 4.62. The van der Waals surface area contributed by atoms with E-state index in [-0.39, 0.29) is 0 Å². The first-order chi connectivity index (χ1) is 7.56. The van der Waals surface area contributed by atoms with Crippen LogP contribution in [-0.4, -0.2) is 9.97 Å². The van der Waals surface area contributed by atoms with E-state index in [2.05, 4.69) is 9.97 Å². The summed E-state index contributed by atoms with van der Waals surface area (Å²) < 4.78 is 0. The third kappa shape index (κ3) is 2.26. The fraction of sp³-hybridized carbons (Fsp3) is 0.0909. The predicted octanol–water partition coefficient (Wildman–Crippen LogP) is 3.34. The molecule has 0 radical (unpaired) electrons.